The van der Waals surface area contributed by atoms with Crippen molar-refractivity contribution in [1.82, 2.24) is 4.90 Å². The average molecular weight is 240 g/mol. The first kappa shape index (κ1) is 12.7. The van der Waals surface area contributed by atoms with Gasteiger partial charge in [0.25, 0.3) is 0 Å². The van der Waals surface area contributed by atoms with Crippen molar-refractivity contribution in [2.24, 2.45) is 11.7 Å². The number of nitrogens with two attached hydrogens (primary N) is 1. The molecular formula is C13H24N2O2. The van der Waals surface area contributed by atoms with E-state index in [1.165, 1.54) is 0 Å². The predicted octanol–water partition coefficient (Wildman–Crippen LogP) is 2.12. The van der Waals surface area contributed by atoms with E-state index in [0.29, 0.717) is 5.92 Å². The Hall–Kier alpha value is -0.770. The summed E-state index contributed by atoms with van der Waals surface area (Å²) in [7, 11) is 0. The Morgan fingerprint density at radius 1 is 1.41 bits per heavy atom. The third-order valence-corrected chi connectivity index (χ3v) is 3.71. The molecule has 0 aromatic rings. The lowest BCUT2D eigenvalue weighted by Gasteiger charge is -2.36. The van der Waals surface area contributed by atoms with Crippen molar-refractivity contribution in [3.63, 3.8) is 0 Å². The first-order valence-corrected chi connectivity index (χ1v) is 6.57. The summed E-state index contributed by atoms with van der Waals surface area (Å²) in [5.74, 6) is 0.462. The molecule has 2 rings (SSSR count). The SMILES string of the molecule is CC(C)(C)OC(=O)N1CCCC(C2(N)CC2)C1. The fourth-order valence-corrected chi connectivity index (χ4v) is 2.49. The van der Waals surface area contributed by atoms with Crippen LogP contribution in [0.25, 0.3) is 0 Å². The Morgan fingerprint density at radius 2 is 2.06 bits per heavy atom. The van der Waals surface area contributed by atoms with E-state index in [0.717, 1.165) is 38.8 Å². The molecule has 1 saturated carbocycles. The van der Waals surface area contributed by atoms with Crippen LogP contribution in [0, 0.1) is 5.92 Å². The highest BCUT2D eigenvalue weighted by Crippen LogP contribution is 2.43. The van der Waals surface area contributed by atoms with Crippen LogP contribution in [0.1, 0.15) is 46.5 Å². The van der Waals surface area contributed by atoms with Gasteiger partial charge in [0.15, 0.2) is 0 Å². The van der Waals surface area contributed by atoms with E-state index in [-0.39, 0.29) is 11.6 Å². The van der Waals surface area contributed by atoms with Crippen molar-refractivity contribution in [1.29, 1.82) is 0 Å². The van der Waals surface area contributed by atoms with E-state index in [2.05, 4.69) is 0 Å². The lowest BCUT2D eigenvalue weighted by atomic mass is 9.89. The third-order valence-electron chi connectivity index (χ3n) is 3.71. The highest BCUT2D eigenvalue weighted by molar-refractivity contribution is 5.68. The maximum absolute atomic E-state index is 12.0. The van der Waals surface area contributed by atoms with Gasteiger partial charge in [0.1, 0.15) is 5.60 Å². The van der Waals surface area contributed by atoms with Gasteiger partial charge in [0, 0.05) is 18.6 Å². The molecule has 2 aliphatic rings. The molecule has 1 saturated heterocycles. The summed E-state index contributed by atoms with van der Waals surface area (Å²) in [6.45, 7) is 7.28. The van der Waals surface area contributed by atoms with Gasteiger partial charge in [-0.05, 0) is 52.4 Å². The van der Waals surface area contributed by atoms with Crippen LogP contribution in [0.4, 0.5) is 4.79 Å². The minimum Gasteiger partial charge on any atom is -0.444 e. The zero-order valence-electron chi connectivity index (χ0n) is 11.2. The molecule has 2 N–H and O–H groups in total. The van der Waals surface area contributed by atoms with Gasteiger partial charge >= 0.3 is 6.09 Å². The Bertz CT molecular complexity index is 305. The molecule has 1 atom stereocenters. The van der Waals surface area contributed by atoms with Crippen LogP contribution in [0.3, 0.4) is 0 Å². The topological polar surface area (TPSA) is 55.6 Å². The standard InChI is InChI=1S/C13H24N2O2/c1-12(2,3)17-11(16)15-8-4-5-10(9-15)13(14)6-7-13/h10H,4-9,14H2,1-3H3. The van der Waals surface area contributed by atoms with Crippen molar-refractivity contribution in [2.45, 2.75) is 57.6 Å². The molecule has 0 aromatic carbocycles. The number of rotatable bonds is 1. The molecule has 0 aromatic heterocycles. The summed E-state index contributed by atoms with van der Waals surface area (Å²) in [6, 6.07) is 0. The number of carbonyl (C=O) groups excluding carboxylic acids is 1. The minimum atomic E-state index is -0.413. The summed E-state index contributed by atoms with van der Waals surface area (Å²) in [4.78, 5) is 13.8. The van der Waals surface area contributed by atoms with E-state index in [1.807, 2.05) is 25.7 Å². The zero-order chi connectivity index (χ0) is 12.7. The van der Waals surface area contributed by atoms with Crippen molar-refractivity contribution in [3.05, 3.63) is 0 Å². The van der Waals surface area contributed by atoms with Crippen molar-refractivity contribution in [3.8, 4) is 0 Å². The Labute approximate surface area is 103 Å². The van der Waals surface area contributed by atoms with Gasteiger partial charge < -0.3 is 15.4 Å². The number of piperidine rings is 1. The van der Waals surface area contributed by atoms with E-state index >= 15 is 0 Å². The molecule has 0 bridgehead atoms. The number of likely N-dealkylation sites (tertiary alicyclic amines) is 1. The second kappa shape index (κ2) is 4.16. The number of ether oxygens (including phenoxy) is 1. The summed E-state index contributed by atoms with van der Waals surface area (Å²) in [5, 5.41) is 0. The van der Waals surface area contributed by atoms with E-state index in [4.69, 9.17) is 10.5 Å². The smallest absolute Gasteiger partial charge is 0.410 e. The molecule has 4 heteroatoms. The van der Waals surface area contributed by atoms with Crippen LogP contribution in [-0.2, 0) is 4.74 Å². The fraction of sp³-hybridized carbons (Fsp3) is 0.923. The van der Waals surface area contributed by atoms with E-state index < -0.39 is 5.60 Å². The monoisotopic (exact) mass is 240 g/mol. The van der Waals surface area contributed by atoms with E-state index in [1.54, 1.807) is 0 Å². The normalized spacial score (nSPS) is 27.8. The molecule has 0 radical (unpaired) electrons. The third kappa shape index (κ3) is 3.12. The van der Waals surface area contributed by atoms with E-state index in [9.17, 15) is 4.79 Å². The molecule has 2 fully saturated rings. The molecule has 98 valence electrons. The number of carbonyl (C=O) groups is 1. The van der Waals surface area contributed by atoms with Crippen LogP contribution < -0.4 is 5.73 Å². The molecule has 1 aliphatic carbocycles. The molecular weight excluding hydrogens is 216 g/mol. The number of nitrogens with zero attached hydrogens (tertiary/aromatic N) is 1. The first-order chi connectivity index (χ1) is 7.80. The second-order valence-corrected chi connectivity index (χ2v) is 6.50. The highest BCUT2D eigenvalue weighted by Gasteiger charge is 2.47. The predicted molar refractivity (Wildman–Crippen MR) is 66.7 cm³/mol. The maximum atomic E-state index is 12.0. The van der Waals surface area contributed by atoms with Gasteiger partial charge in [0.05, 0.1) is 0 Å². The summed E-state index contributed by atoms with van der Waals surface area (Å²) >= 11 is 0. The van der Waals surface area contributed by atoms with Crippen LogP contribution in [0.5, 0.6) is 0 Å². The van der Waals surface area contributed by atoms with Crippen LogP contribution in [0.2, 0.25) is 0 Å². The zero-order valence-corrected chi connectivity index (χ0v) is 11.2. The van der Waals surface area contributed by atoms with Gasteiger partial charge in [-0.2, -0.15) is 0 Å². The summed E-state index contributed by atoms with van der Waals surface area (Å²) in [5.41, 5.74) is 5.83. The van der Waals surface area contributed by atoms with Crippen LogP contribution in [0.15, 0.2) is 0 Å². The van der Waals surface area contributed by atoms with Gasteiger partial charge in [-0.3, -0.25) is 0 Å². The summed E-state index contributed by atoms with van der Waals surface area (Å²) in [6.07, 6.45) is 4.23. The number of hydrogen-bond donors (Lipinski definition) is 1. The number of hydrogen-bond acceptors (Lipinski definition) is 3. The van der Waals surface area contributed by atoms with Gasteiger partial charge in [-0.1, -0.05) is 0 Å². The van der Waals surface area contributed by atoms with Gasteiger partial charge in [0.2, 0.25) is 0 Å². The number of amides is 1. The minimum absolute atomic E-state index is 0.0146. The molecule has 1 aliphatic heterocycles. The molecule has 1 amide bonds. The van der Waals surface area contributed by atoms with Crippen LogP contribution in [-0.4, -0.2) is 35.2 Å². The van der Waals surface area contributed by atoms with Gasteiger partial charge in [-0.15, -0.1) is 0 Å². The van der Waals surface area contributed by atoms with Crippen molar-refractivity contribution in [2.75, 3.05) is 13.1 Å². The lowest BCUT2D eigenvalue weighted by molar-refractivity contribution is 0.0147. The molecule has 1 unspecified atom stereocenters. The molecule has 17 heavy (non-hydrogen) atoms. The average Bonchev–Trinajstić information content (AvgIpc) is 2.96. The molecule has 4 nitrogen and oxygen atoms in total. The highest BCUT2D eigenvalue weighted by atomic mass is 16.6. The lowest BCUT2D eigenvalue weighted by Crippen LogP contribution is -2.48. The fourth-order valence-electron chi connectivity index (χ4n) is 2.49. The Morgan fingerprint density at radius 3 is 2.59 bits per heavy atom. The summed E-state index contributed by atoms with van der Waals surface area (Å²) < 4.78 is 5.40. The largest absolute Gasteiger partial charge is 0.444 e. The first-order valence-electron chi connectivity index (χ1n) is 6.57. The quantitative estimate of drug-likeness (QED) is 0.764. The maximum Gasteiger partial charge on any atom is 0.410 e. The Kier molecular flexibility index (Phi) is 3.10. The van der Waals surface area contributed by atoms with Crippen LogP contribution >= 0.6 is 0 Å². The van der Waals surface area contributed by atoms with Gasteiger partial charge in [-0.25, -0.2) is 4.79 Å². The Balaban J connectivity index is 1.91. The second-order valence-electron chi connectivity index (χ2n) is 6.50. The van der Waals surface area contributed by atoms with Crippen molar-refractivity contribution >= 4 is 6.09 Å². The molecule has 0 spiro atoms. The van der Waals surface area contributed by atoms with Crippen molar-refractivity contribution < 1.29 is 9.53 Å². The molecule has 1 heterocycles.